The summed E-state index contributed by atoms with van der Waals surface area (Å²) in [6.45, 7) is 3.76. The highest BCUT2D eigenvalue weighted by atomic mass is 35.5. The predicted molar refractivity (Wildman–Crippen MR) is 43.1 cm³/mol. The highest BCUT2D eigenvalue weighted by Crippen LogP contribution is 2.21. The van der Waals surface area contributed by atoms with Gasteiger partial charge >= 0.3 is 0 Å². The first-order valence-corrected chi connectivity index (χ1v) is 3.38. The van der Waals surface area contributed by atoms with Crippen LogP contribution < -0.4 is 5.73 Å². The van der Waals surface area contributed by atoms with Gasteiger partial charge in [0.05, 0.1) is 5.02 Å². The van der Waals surface area contributed by atoms with Crippen molar-refractivity contribution >= 4 is 17.4 Å². The van der Waals surface area contributed by atoms with Crippen LogP contribution in [0.2, 0.25) is 5.02 Å². The third kappa shape index (κ3) is 1.07. The molecule has 0 fully saturated rings. The van der Waals surface area contributed by atoms with E-state index in [-0.39, 0.29) is 0 Å². The summed E-state index contributed by atoms with van der Waals surface area (Å²) in [5, 5.41) is 0.715. The molecule has 10 heavy (non-hydrogen) atoms. The third-order valence-electron chi connectivity index (χ3n) is 1.46. The average Bonchev–Trinajstić information content (AvgIpc) is 1.93. The molecule has 0 amide bonds. The first-order chi connectivity index (χ1) is 4.63. The largest absolute Gasteiger partial charge is 0.383 e. The average molecular weight is 157 g/mol. The van der Waals surface area contributed by atoms with Crippen LogP contribution in [-0.2, 0) is 0 Å². The van der Waals surface area contributed by atoms with E-state index in [1.807, 2.05) is 13.8 Å². The number of nitrogens with zero attached hydrogens (tertiary/aromatic N) is 1. The van der Waals surface area contributed by atoms with Crippen molar-refractivity contribution in [3.63, 3.8) is 0 Å². The quantitative estimate of drug-likeness (QED) is 0.624. The third-order valence-corrected chi connectivity index (χ3v) is 2.04. The minimum atomic E-state index is 0.510. The van der Waals surface area contributed by atoms with Crippen LogP contribution in [-0.4, -0.2) is 4.98 Å². The lowest BCUT2D eigenvalue weighted by atomic mass is 10.2. The summed E-state index contributed by atoms with van der Waals surface area (Å²) in [5.41, 5.74) is 7.32. The van der Waals surface area contributed by atoms with Crippen molar-refractivity contribution in [2.45, 2.75) is 13.8 Å². The molecular formula is C7H9ClN2. The van der Waals surface area contributed by atoms with Crippen molar-refractivity contribution in [2.75, 3.05) is 5.73 Å². The van der Waals surface area contributed by atoms with E-state index in [0.717, 1.165) is 11.1 Å². The van der Waals surface area contributed by atoms with Crippen molar-refractivity contribution in [1.29, 1.82) is 0 Å². The number of rotatable bonds is 0. The van der Waals surface area contributed by atoms with Crippen LogP contribution in [0.4, 0.5) is 5.82 Å². The van der Waals surface area contributed by atoms with Crippen molar-refractivity contribution < 1.29 is 0 Å². The minimum absolute atomic E-state index is 0.510. The highest BCUT2D eigenvalue weighted by molar-refractivity contribution is 6.32. The number of halogens is 1. The summed E-state index contributed by atoms with van der Waals surface area (Å²) < 4.78 is 0. The maximum Gasteiger partial charge on any atom is 0.127 e. The lowest BCUT2D eigenvalue weighted by Gasteiger charge is -2.02. The zero-order chi connectivity index (χ0) is 7.72. The van der Waals surface area contributed by atoms with Crippen LogP contribution in [0.3, 0.4) is 0 Å². The summed E-state index contributed by atoms with van der Waals surface area (Å²) in [5.74, 6) is 0.510. The molecule has 0 saturated carbocycles. The van der Waals surface area contributed by atoms with Gasteiger partial charge in [-0.3, -0.25) is 0 Å². The maximum absolute atomic E-state index is 5.86. The Hall–Kier alpha value is -0.760. The normalized spacial score (nSPS) is 9.90. The van der Waals surface area contributed by atoms with E-state index in [9.17, 15) is 0 Å². The Bertz CT molecular complexity index is 231. The molecule has 2 N–H and O–H groups in total. The van der Waals surface area contributed by atoms with E-state index < -0.39 is 0 Å². The first-order valence-electron chi connectivity index (χ1n) is 3.00. The Morgan fingerprint density at radius 3 is 2.60 bits per heavy atom. The summed E-state index contributed by atoms with van der Waals surface area (Å²) in [6.07, 6.45) is 1.67. The van der Waals surface area contributed by atoms with E-state index in [1.54, 1.807) is 6.20 Å². The number of anilines is 1. The van der Waals surface area contributed by atoms with Crippen LogP contribution in [0.1, 0.15) is 11.1 Å². The Balaban J connectivity index is 3.34. The molecule has 0 aromatic carbocycles. The molecule has 0 aliphatic rings. The topological polar surface area (TPSA) is 38.9 Å². The summed E-state index contributed by atoms with van der Waals surface area (Å²) >= 11 is 5.86. The standard InChI is InChI=1S/C7H9ClN2/c1-4-3-10-7(9)5(2)6(4)8/h3H,1-2H3,(H2,9,10). The predicted octanol–water partition coefficient (Wildman–Crippen LogP) is 1.93. The molecule has 1 aromatic heterocycles. The molecule has 0 spiro atoms. The van der Waals surface area contributed by atoms with E-state index >= 15 is 0 Å². The molecule has 1 heterocycles. The Labute approximate surface area is 65.0 Å². The van der Waals surface area contributed by atoms with Gasteiger partial charge in [-0.25, -0.2) is 4.98 Å². The highest BCUT2D eigenvalue weighted by Gasteiger charge is 2.02. The summed E-state index contributed by atoms with van der Waals surface area (Å²) in [7, 11) is 0. The van der Waals surface area contributed by atoms with Gasteiger partial charge in [0.2, 0.25) is 0 Å². The fourth-order valence-corrected chi connectivity index (χ4v) is 0.874. The van der Waals surface area contributed by atoms with Crippen LogP contribution in [0.15, 0.2) is 6.20 Å². The number of pyridine rings is 1. The molecule has 2 nitrogen and oxygen atoms in total. The van der Waals surface area contributed by atoms with E-state index in [0.29, 0.717) is 10.8 Å². The van der Waals surface area contributed by atoms with E-state index in [2.05, 4.69) is 4.98 Å². The van der Waals surface area contributed by atoms with Crippen molar-refractivity contribution in [3.8, 4) is 0 Å². The first kappa shape index (κ1) is 7.35. The van der Waals surface area contributed by atoms with Crippen LogP contribution in [0, 0.1) is 13.8 Å². The van der Waals surface area contributed by atoms with Crippen LogP contribution in [0.5, 0.6) is 0 Å². The number of nitrogen functional groups attached to an aromatic ring is 1. The lowest BCUT2D eigenvalue weighted by Crippen LogP contribution is -1.95. The number of aryl methyl sites for hydroxylation is 1. The van der Waals surface area contributed by atoms with Crippen LogP contribution >= 0.6 is 11.6 Å². The smallest absolute Gasteiger partial charge is 0.127 e. The Kier molecular flexibility index (Phi) is 1.81. The van der Waals surface area contributed by atoms with E-state index in [4.69, 9.17) is 17.3 Å². The van der Waals surface area contributed by atoms with Gasteiger partial charge in [-0.05, 0) is 19.4 Å². The number of hydrogen-bond acceptors (Lipinski definition) is 2. The number of aromatic nitrogens is 1. The van der Waals surface area contributed by atoms with Gasteiger partial charge in [-0.2, -0.15) is 0 Å². The molecule has 0 aliphatic carbocycles. The van der Waals surface area contributed by atoms with Crippen molar-refractivity contribution in [3.05, 3.63) is 22.3 Å². The molecule has 1 aromatic rings. The van der Waals surface area contributed by atoms with Crippen LogP contribution in [0.25, 0.3) is 0 Å². The zero-order valence-corrected chi connectivity index (χ0v) is 6.74. The molecule has 0 saturated heterocycles. The second-order valence-corrected chi connectivity index (χ2v) is 2.64. The van der Waals surface area contributed by atoms with Gasteiger partial charge < -0.3 is 5.73 Å². The van der Waals surface area contributed by atoms with Gasteiger partial charge in [-0.15, -0.1) is 0 Å². The monoisotopic (exact) mass is 156 g/mol. The molecular weight excluding hydrogens is 148 g/mol. The van der Waals surface area contributed by atoms with E-state index in [1.165, 1.54) is 0 Å². The molecule has 0 atom stereocenters. The van der Waals surface area contributed by atoms with Gasteiger partial charge in [0.15, 0.2) is 0 Å². The molecule has 0 unspecified atom stereocenters. The summed E-state index contributed by atoms with van der Waals surface area (Å²) in [6, 6.07) is 0. The molecule has 1 rings (SSSR count). The van der Waals surface area contributed by atoms with Crippen molar-refractivity contribution in [1.82, 2.24) is 4.98 Å². The second-order valence-electron chi connectivity index (χ2n) is 2.27. The Morgan fingerprint density at radius 1 is 1.50 bits per heavy atom. The van der Waals surface area contributed by atoms with Gasteiger partial charge in [0.1, 0.15) is 5.82 Å². The molecule has 0 bridgehead atoms. The SMILES string of the molecule is Cc1cnc(N)c(C)c1Cl. The molecule has 3 heteroatoms. The van der Waals surface area contributed by atoms with Gasteiger partial charge in [-0.1, -0.05) is 11.6 Å². The fraction of sp³-hybridized carbons (Fsp3) is 0.286. The molecule has 0 radical (unpaired) electrons. The molecule has 0 aliphatic heterocycles. The Morgan fingerprint density at radius 2 is 2.10 bits per heavy atom. The minimum Gasteiger partial charge on any atom is -0.383 e. The zero-order valence-electron chi connectivity index (χ0n) is 5.98. The van der Waals surface area contributed by atoms with Crippen molar-refractivity contribution in [2.24, 2.45) is 0 Å². The number of hydrogen-bond donors (Lipinski definition) is 1. The fourth-order valence-electron chi connectivity index (χ4n) is 0.728. The van der Waals surface area contributed by atoms with Gasteiger partial charge in [0.25, 0.3) is 0 Å². The molecule has 54 valence electrons. The lowest BCUT2D eigenvalue weighted by molar-refractivity contribution is 1.23. The van der Waals surface area contributed by atoms with Gasteiger partial charge in [0, 0.05) is 11.8 Å². The summed E-state index contributed by atoms with van der Waals surface area (Å²) in [4.78, 5) is 3.93. The second kappa shape index (κ2) is 2.46. The number of nitrogens with two attached hydrogens (primary N) is 1. The maximum atomic E-state index is 5.86.